The van der Waals surface area contributed by atoms with Gasteiger partial charge in [-0.3, -0.25) is 4.79 Å². The van der Waals surface area contributed by atoms with Gasteiger partial charge in [-0.05, 0) is 114 Å². The van der Waals surface area contributed by atoms with Crippen LogP contribution in [-0.2, 0) is 14.8 Å². The lowest BCUT2D eigenvalue weighted by molar-refractivity contribution is -0.0801. The summed E-state index contributed by atoms with van der Waals surface area (Å²) in [5, 5.41) is 3.00. The largest absolute Gasteiger partial charge is 0.475 e. The summed E-state index contributed by atoms with van der Waals surface area (Å²) in [7, 11) is -4.17. The van der Waals surface area contributed by atoms with Crippen LogP contribution in [0.3, 0.4) is 0 Å². The van der Waals surface area contributed by atoms with E-state index in [0.29, 0.717) is 17.7 Å². The number of nitrogens with one attached hydrogen (secondary N) is 2. The van der Waals surface area contributed by atoms with Crippen LogP contribution in [0.1, 0.15) is 101 Å². The highest BCUT2D eigenvalue weighted by molar-refractivity contribution is 7.92. The van der Waals surface area contributed by atoms with Gasteiger partial charge < -0.3 is 19.7 Å². The smallest absolute Gasteiger partial charge is 0.407 e. The first kappa shape index (κ1) is 36.6. The molecule has 2 fully saturated rings. The van der Waals surface area contributed by atoms with Crippen LogP contribution in [0.5, 0.6) is 5.88 Å². The third kappa shape index (κ3) is 7.85. The summed E-state index contributed by atoms with van der Waals surface area (Å²) in [5.74, 6) is -0.0795. The van der Waals surface area contributed by atoms with Crippen molar-refractivity contribution in [2.24, 2.45) is 10.8 Å². The number of anilines is 1. The first-order valence-electron chi connectivity index (χ1n) is 17.8. The lowest BCUT2D eigenvalue weighted by Crippen LogP contribution is -2.64. The van der Waals surface area contributed by atoms with Gasteiger partial charge in [0.25, 0.3) is 15.9 Å². The molecule has 2 N–H and O–H groups in total. The Hall–Kier alpha value is -4.19. The normalized spacial score (nSPS) is 24.5. The number of ether oxygens (including phenoxy) is 2. The van der Waals surface area contributed by atoms with Crippen LogP contribution >= 0.6 is 0 Å². The molecule has 0 saturated heterocycles. The Labute approximate surface area is 302 Å². The number of amides is 2. The molecule has 3 aromatic rings. The van der Waals surface area contributed by atoms with Crippen LogP contribution in [0.4, 0.5) is 10.7 Å². The number of carbonyl (C=O) groups excluding carboxylic acids is 2. The van der Waals surface area contributed by atoms with Crippen LogP contribution in [0.2, 0.25) is 0 Å². The fourth-order valence-electron chi connectivity index (χ4n) is 8.02. The van der Waals surface area contributed by atoms with Crippen molar-refractivity contribution in [3.05, 3.63) is 64.7 Å². The minimum absolute atomic E-state index is 0.0203. The molecule has 12 heteroatoms. The Bertz CT molecular complexity index is 1930. The molecule has 2 heterocycles. The second kappa shape index (κ2) is 13.1. The number of nitrogens with zero attached hydrogens (tertiary/aromatic N) is 3. The summed E-state index contributed by atoms with van der Waals surface area (Å²) >= 11 is 0. The van der Waals surface area contributed by atoms with Gasteiger partial charge in [-0.15, -0.1) is 0 Å². The Balaban J connectivity index is 1.37. The van der Waals surface area contributed by atoms with Crippen molar-refractivity contribution in [3.8, 4) is 17.1 Å². The molecule has 1 spiro atoms. The van der Waals surface area contributed by atoms with Crippen molar-refractivity contribution in [3.63, 3.8) is 0 Å². The summed E-state index contributed by atoms with van der Waals surface area (Å²) < 4.78 is 42.2. The molecule has 274 valence electrons. The maximum Gasteiger partial charge on any atom is 0.407 e. The minimum Gasteiger partial charge on any atom is -0.475 e. The first-order valence-corrected chi connectivity index (χ1v) is 19.2. The summed E-state index contributed by atoms with van der Waals surface area (Å²) in [6.45, 7) is 18.0. The number of aryl methyl sites for hydroxylation is 2. The zero-order valence-electron chi connectivity index (χ0n) is 31.2. The Morgan fingerprint density at radius 2 is 1.65 bits per heavy atom. The molecular weight excluding hydrogens is 667 g/mol. The van der Waals surface area contributed by atoms with E-state index in [1.54, 1.807) is 12.1 Å². The first-order chi connectivity index (χ1) is 23.7. The molecule has 51 heavy (non-hydrogen) atoms. The number of aromatic nitrogens is 2. The topological polar surface area (TPSA) is 140 Å². The minimum atomic E-state index is -4.17. The predicted molar refractivity (Wildman–Crippen MR) is 196 cm³/mol. The van der Waals surface area contributed by atoms with E-state index in [4.69, 9.17) is 14.5 Å². The SMILES string of the molecule is Cc1cccc(C)c1-c1nc2nc(c1C)OC[C@@H](CC(C)(C)C)N(C1CC3(CC(NC(=O)OC(C)(C)C)C3)C1)C(=O)c1cccc(c1)S(=O)(=O)N2. The summed E-state index contributed by atoms with van der Waals surface area (Å²) in [5.41, 5.74) is 3.70. The highest BCUT2D eigenvalue weighted by Gasteiger charge is 2.56. The molecule has 1 atom stereocenters. The second-order valence-electron chi connectivity index (χ2n) is 17.0. The highest BCUT2D eigenvalue weighted by atomic mass is 32.2. The van der Waals surface area contributed by atoms with Crippen LogP contribution in [0.15, 0.2) is 47.4 Å². The highest BCUT2D eigenvalue weighted by Crippen LogP contribution is 2.58. The average molecular weight is 718 g/mol. The van der Waals surface area contributed by atoms with Crippen molar-refractivity contribution in [1.29, 1.82) is 0 Å². The molecule has 4 bridgehead atoms. The summed E-state index contributed by atoms with van der Waals surface area (Å²) in [4.78, 5) is 38.2. The quantitative estimate of drug-likeness (QED) is 0.286. The van der Waals surface area contributed by atoms with Crippen molar-refractivity contribution in [2.75, 3.05) is 11.3 Å². The van der Waals surface area contributed by atoms with Crippen LogP contribution in [0, 0.1) is 31.6 Å². The number of hydrogen-bond acceptors (Lipinski definition) is 8. The third-order valence-corrected chi connectivity index (χ3v) is 11.5. The Kier molecular flexibility index (Phi) is 9.40. The Morgan fingerprint density at radius 1 is 1.00 bits per heavy atom. The molecule has 2 amide bonds. The van der Waals surface area contributed by atoms with Crippen LogP contribution in [-0.4, -0.2) is 65.6 Å². The van der Waals surface area contributed by atoms with Gasteiger partial charge in [-0.2, -0.15) is 4.98 Å². The number of alkyl carbamates (subject to hydrolysis) is 1. The molecule has 2 aromatic carbocycles. The molecule has 11 nitrogen and oxygen atoms in total. The van der Waals surface area contributed by atoms with E-state index in [0.717, 1.165) is 42.4 Å². The van der Waals surface area contributed by atoms with Gasteiger partial charge in [0.05, 0.1) is 16.6 Å². The number of sulfonamides is 1. The lowest BCUT2D eigenvalue weighted by atomic mass is 9.51. The van der Waals surface area contributed by atoms with E-state index in [1.165, 1.54) is 12.1 Å². The van der Waals surface area contributed by atoms with E-state index in [9.17, 15) is 18.0 Å². The van der Waals surface area contributed by atoms with Gasteiger partial charge in [0.2, 0.25) is 11.8 Å². The molecule has 2 aliphatic carbocycles. The van der Waals surface area contributed by atoms with Crippen molar-refractivity contribution in [2.45, 2.75) is 123 Å². The third-order valence-electron chi connectivity index (χ3n) is 10.1. The molecule has 1 aliphatic heterocycles. The Morgan fingerprint density at radius 3 is 2.27 bits per heavy atom. The molecule has 6 rings (SSSR count). The number of benzene rings is 2. The molecule has 0 unspecified atom stereocenters. The van der Waals surface area contributed by atoms with E-state index in [-0.39, 0.29) is 63.8 Å². The maximum atomic E-state index is 14.6. The number of rotatable bonds is 4. The van der Waals surface area contributed by atoms with Gasteiger partial charge in [0.15, 0.2) is 0 Å². The summed E-state index contributed by atoms with van der Waals surface area (Å²) in [6, 6.07) is 11.7. The average Bonchev–Trinajstić information content (AvgIpc) is 2.97. The van der Waals surface area contributed by atoms with Crippen molar-refractivity contribution >= 4 is 28.0 Å². The standard InChI is InChI=1S/C39H51N5O6S/c1-23-12-10-13-24(2)31(23)32-25(3)33-42-35(41-32)43-51(47,48)30-15-11-14-26(16-30)34(45)44(29(22-49-33)19-37(4,5)6)28-20-39(21-28)17-27(18-39)40-36(46)50-38(7,8)9/h10-16,27-29H,17-22H2,1-9H3,(H,40,46)(H,41,42,43)/t27?,28?,29-,39?/m1/s1. The molecule has 3 aliphatic rings. The lowest BCUT2D eigenvalue weighted by Gasteiger charge is -2.60. The predicted octanol–water partition coefficient (Wildman–Crippen LogP) is 7.34. The van der Waals surface area contributed by atoms with Crippen molar-refractivity contribution < 1.29 is 27.5 Å². The monoisotopic (exact) mass is 717 g/mol. The molecule has 1 aromatic heterocycles. The van der Waals surface area contributed by atoms with Crippen molar-refractivity contribution in [1.82, 2.24) is 20.2 Å². The van der Waals surface area contributed by atoms with E-state index < -0.39 is 21.7 Å². The zero-order chi connectivity index (χ0) is 37.1. The zero-order valence-corrected chi connectivity index (χ0v) is 32.0. The number of hydrogen-bond donors (Lipinski definition) is 2. The molecular formula is C39H51N5O6S. The van der Waals surface area contributed by atoms with E-state index >= 15 is 0 Å². The fourth-order valence-corrected chi connectivity index (χ4v) is 9.01. The maximum absolute atomic E-state index is 14.6. The fraction of sp³-hybridized carbons (Fsp3) is 0.538. The van der Waals surface area contributed by atoms with Gasteiger partial charge in [-0.1, -0.05) is 45.0 Å². The number of carbonyl (C=O) groups is 2. The number of fused-ring (bicyclic) bond motifs is 4. The molecule has 0 radical (unpaired) electrons. The van der Waals surface area contributed by atoms with E-state index in [2.05, 4.69) is 35.8 Å². The second-order valence-corrected chi connectivity index (χ2v) is 18.7. The summed E-state index contributed by atoms with van der Waals surface area (Å²) in [6.07, 6.45) is 3.41. The molecule has 2 saturated carbocycles. The van der Waals surface area contributed by atoms with Gasteiger partial charge in [0, 0.05) is 28.8 Å². The van der Waals surface area contributed by atoms with Crippen LogP contribution in [0.25, 0.3) is 11.3 Å². The van der Waals surface area contributed by atoms with Gasteiger partial charge >= 0.3 is 6.09 Å². The van der Waals surface area contributed by atoms with Gasteiger partial charge in [0.1, 0.15) is 12.2 Å². The van der Waals surface area contributed by atoms with E-state index in [1.807, 2.05) is 64.6 Å². The van der Waals surface area contributed by atoms with Gasteiger partial charge in [-0.25, -0.2) is 22.9 Å². The van der Waals surface area contributed by atoms with Crippen LogP contribution < -0.4 is 14.8 Å².